The molecule has 0 saturated heterocycles. The standard InChI is InChI=1S/C21H14ClN5OS/c1-12-24-25-21-27(12)26-20(29-21)13-8-10-14(11-9-13)23-19(28)17-6-2-5-16-15(17)4-3-7-18(16)22/h2-11H,1H3,(H,23,28). The average molecular weight is 420 g/mol. The Morgan fingerprint density at radius 1 is 1.00 bits per heavy atom. The van der Waals surface area contributed by atoms with Crippen LogP contribution in [0.1, 0.15) is 16.2 Å². The first-order chi connectivity index (χ1) is 14.1. The van der Waals surface area contributed by atoms with Crippen LogP contribution in [0.2, 0.25) is 5.02 Å². The summed E-state index contributed by atoms with van der Waals surface area (Å²) in [6, 6.07) is 18.7. The third-order valence-electron chi connectivity index (χ3n) is 4.65. The number of amides is 1. The van der Waals surface area contributed by atoms with Crippen molar-refractivity contribution < 1.29 is 4.79 Å². The van der Waals surface area contributed by atoms with Crippen LogP contribution >= 0.6 is 22.9 Å². The molecule has 3 aromatic carbocycles. The fourth-order valence-corrected chi connectivity index (χ4v) is 4.32. The quantitative estimate of drug-likeness (QED) is 0.435. The lowest BCUT2D eigenvalue weighted by Crippen LogP contribution is -2.12. The van der Waals surface area contributed by atoms with Crippen molar-refractivity contribution >= 4 is 50.3 Å². The van der Waals surface area contributed by atoms with Crippen molar-refractivity contribution in [3.8, 4) is 10.6 Å². The van der Waals surface area contributed by atoms with Crippen LogP contribution in [0.4, 0.5) is 5.69 Å². The highest BCUT2D eigenvalue weighted by Crippen LogP contribution is 2.28. The predicted octanol–water partition coefficient (Wildman–Crippen LogP) is 5.22. The van der Waals surface area contributed by atoms with Crippen molar-refractivity contribution in [2.75, 3.05) is 5.32 Å². The molecule has 0 radical (unpaired) electrons. The van der Waals surface area contributed by atoms with Gasteiger partial charge in [0.2, 0.25) is 4.96 Å². The van der Waals surface area contributed by atoms with Gasteiger partial charge in [-0.1, -0.05) is 47.2 Å². The van der Waals surface area contributed by atoms with E-state index in [1.54, 1.807) is 10.6 Å². The van der Waals surface area contributed by atoms with E-state index < -0.39 is 0 Å². The smallest absolute Gasteiger partial charge is 0.256 e. The zero-order valence-electron chi connectivity index (χ0n) is 15.3. The summed E-state index contributed by atoms with van der Waals surface area (Å²) in [5.41, 5.74) is 2.24. The maximum atomic E-state index is 12.8. The number of fused-ring (bicyclic) bond motifs is 2. The average Bonchev–Trinajstić information content (AvgIpc) is 3.31. The van der Waals surface area contributed by atoms with Gasteiger partial charge < -0.3 is 5.32 Å². The van der Waals surface area contributed by atoms with E-state index >= 15 is 0 Å². The predicted molar refractivity (Wildman–Crippen MR) is 116 cm³/mol. The highest BCUT2D eigenvalue weighted by molar-refractivity contribution is 7.19. The van der Waals surface area contributed by atoms with Gasteiger partial charge >= 0.3 is 0 Å². The normalized spacial score (nSPS) is 11.2. The van der Waals surface area contributed by atoms with Crippen LogP contribution in [0.15, 0.2) is 60.7 Å². The molecule has 0 aliphatic rings. The number of hydrogen-bond acceptors (Lipinski definition) is 5. The van der Waals surface area contributed by atoms with Gasteiger partial charge in [0, 0.05) is 27.2 Å². The maximum Gasteiger partial charge on any atom is 0.256 e. The molecule has 0 saturated carbocycles. The monoisotopic (exact) mass is 419 g/mol. The molecule has 0 spiro atoms. The van der Waals surface area contributed by atoms with Gasteiger partial charge in [-0.15, -0.1) is 10.2 Å². The molecule has 0 aliphatic heterocycles. The Balaban J connectivity index is 1.41. The molecule has 2 aromatic heterocycles. The fourth-order valence-electron chi connectivity index (χ4n) is 3.20. The number of rotatable bonds is 3. The molecule has 29 heavy (non-hydrogen) atoms. The second-order valence-corrected chi connectivity index (χ2v) is 7.88. The lowest BCUT2D eigenvalue weighted by molar-refractivity contribution is 0.102. The molecule has 5 rings (SSSR count). The first-order valence-corrected chi connectivity index (χ1v) is 10.1. The Hall–Kier alpha value is -3.29. The van der Waals surface area contributed by atoms with Crippen molar-refractivity contribution in [3.05, 3.63) is 77.1 Å². The Morgan fingerprint density at radius 3 is 2.55 bits per heavy atom. The van der Waals surface area contributed by atoms with Crippen molar-refractivity contribution in [1.29, 1.82) is 0 Å². The summed E-state index contributed by atoms with van der Waals surface area (Å²) >= 11 is 7.72. The van der Waals surface area contributed by atoms with Crippen molar-refractivity contribution in [2.24, 2.45) is 0 Å². The van der Waals surface area contributed by atoms with Gasteiger partial charge in [0.1, 0.15) is 5.01 Å². The molecule has 5 aromatic rings. The van der Waals surface area contributed by atoms with Gasteiger partial charge in [0.15, 0.2) is 5.82 Å². The zero-order chi connectivity index (χ0) is 20.0. The summed E-state index contributed by atoms with van der Waals surface area (Å²) < 4.78 is 1.72. The van der Waals surface area contributed by atoms with E-state index in [4.69, 9.17) is 11.6 Å². The van der Waals surface area contributed by atoms with Crippen molar-refractivity contribution in [1.82, 2.24) is 19.8 Å². The van der Waals surface area contributed by atoms with Gasteiger partial charge in [0.05, 0.1) is 0 Å². The third-order valence-corrected chi connectivity index (χ3v) is 5.93. The van der Waals surface area contributed by atoms with Gasteiger partial charge in [-0.3, -0.25) is 4.79 Å². The molecule has 1 amide bonds. The number of anilines is 1. The molecule has 0 bridgehead atoms. The van der Waals surface area contributed by atoms with Crippen molar-refractivity contribution in [2.45, 2.75) is 6.92 Å². The van der Waals surface area contributed by atoms with Gasteiger partial charge in [-0.2, -0.15) is 9.61 Å². The number of benzene rings is 3. The Labute approximate surface area is 174 Å². The number of carbonyl (C=O) groups is 1. The number of aromatic nitrogens is 4. The lowest BCUT2D eigenvalue weighted by Gasteiger charge is -2.09. The van der Waals surface area contributed by atoms with Crippen LogP contribution in [0, 0.1) is 6.92 Å². The number of nitrogens with zero attached hydrogens (tertiary/aromatic N) is 4. The minimum absolute atomic E-state index is 0.181. The van der Waals surface area contributed by atoms with E-state index in [-0.39, 0.29) is 5.91 Å². The maximum absolute atomic E-state index is 12.8. The van der Waals surface area contributed by atoms with E-state index in [9.17, 15) is 4.79 Å². The van der Waals surface area contributed by atoms with E-state index in [1.807, 2.05) is 61.5 Å². The molecule has 6 nitrogen and oxygen atoms in total. The molecule has 8 heteroatoms. The largest absolute Gasteiger partial charge is 0.322 e. The summed E-state index contributed by atoms with van der Waals surface area (Å²) in [6.07, 6.45) is 0. The third kappa shape index (κ3) is 3.14. The van der Waals surface area contributed by atoms with Crippen LogP contribution in [-0.4, -0.2) is 25.7 Å². The highest BCUT2D eigenvalue weighted by Gasteiger charge is 2.13. The Kier molecular flexibility index (Phi) is 4.26. The van der Waals surface area contributed by atoms with E-state index in [0.29, 0.717) is 16.3 Å². The summed E-state index contributed by atoms with van der Waals surface area (Å²) in [7, 11) is 0. The summed E-state index contributed by atoms with van der Waals surface area (Å²) in [6.45, 7) is 1.86. The second-order valence-electron chi connectivity index (χ2n) is 6.52. The first-order valence-electron chi connectivity index (χ1n) is 8.88. The highest BCUT2D eigenvalue weighted by atomic mass is 35.5. The summed E-state index contributed by atoms with van der Waals surface area (Å²) in [5, 5.41) is 18.7. The Morgan fingerprint density at radius 2 is 1.76 bits per heavy atom. The van der Waals surface area contributed by atoms with Gasteiger partial charge in [0.25, 0.3) is 5.91 Å². The molecule has 2 heterocycles. The van der Waals surface area contributed by atoms with Gasteiger partial charge in [-0.05, 0) is 48.7 Å². The number of aryl methyl sites for hydroxylation is 1. The molecule has 0 atom stereocenters. The zero-order valence-corrected chi connectivity index (χ0v) is 16.8. The number of halogens is 1. The molecule has 0 fully saturated rings. The lowest BCUT2D eigenvalue weighted by atomic mass is 10.0. The Bertz CT molecular complexity index is 1370. The number of nitrogens with one attached hydrogen (secondary N) is 1. The molecular weight excluding hydrogens is 406 g/mol. The first kappa shape index (κ1) is 17.8. The fraction of sp³-hybridized carbons (Fsp3) is 0.0476. The van der Waals surface area contributed by atoms with Crippen LogP contribution in [0.5, 0.6) is 0 Å². The van der Waals surface area contributed by atoms with Crippen LogP contribution in [0.25, 0.3) is 26.3 Å². The van der Waals surface area contributed by atoms with Crippen LogP contribution in [0.3, 0.4) is 0 Å². The molecular formula is C21H14ClN5OS. The summed E-state index contributed by atoms with van der Waals surface area (Å²) in [5.74, 6) is 0.571. The van der Waals surface area contributed by atoms with Crippen molar-refractivity contribution in [3.63, 3.8) is 0 Å². The SMILES string of the molecule is Cc1nnc2sc(-c3ccc(NC(=O)c4cccc5c(Cl)cccc45)cc3)nn12. The van der Waals surface area contributed by atoms with E-state index in [1.165, 1.54) is 11.3 Å². The van der Waals surface area contributed by atoms with Crippen LogP contribution in [-0.2, 0) is 0 Å². The minimum Gasteiger partial charge on any atom is -0.322 e. The number of carbonyl (C=O) groups excluding carboxylic acids is 1. The molecule has 142 valence electrons. The molecule has 1 N–H and O–H groups in total. The van der Waals surface area contributed by atoms with Crippen LogP contribution < -0.4 is 5.32 Å². The second kappa shape index (κ2) is 6.95. The van der Waals surface area contributed by atoms with E-state index in [2.05, 4.69) is 20.6 Å². The number of hydrogen-bond donors (Lipinski definition) is 1. The van der Waals surface area contributed by atoms with E-state index in [0.717, 1.165) is 32.1 Å². The topological polar surface area (TPSA) is 72.2 Å². The minimum atomic E-state index is -0.181. The van der Waals surface area contributed by atoms with Gasteiger partial charge in [-0.25, -0.2) is 0 Å². The molecule has 0 unspecified atom stereocenters. The summed E-state index contributed by atoms with van der Waals surface area (Å²) in [4.78, 5) is 13.6. The molecule has 0 aliphatic carbocycles.